The lowest BCUT2D eigenvalue weighted by molar-refractivity contribution is -0.120. The topological polar surface area (TPSA) is 74.8 Å². The zero-order valence-corrected chi connectivity index (χ0v) is 16.0. The van der Waals surface area contributed by atoms with E-state index in [1.54, 1.807) is 12.1 Å². The van der Waals surface area contributed by atoms with Crippen LogP contribution >= 0.6 is 11.8 Å². The van der Waals surface area contributed by atoms with Crippen LogP contribution in [0.3, 0.4) is 0 Å². The molecule has 1 amide bonds. The van der Waals surface area contributed by atoms with Gasteiger partial charge in [0.25, 0.3) is 5.56 Å². The van der Waals surface area contributed by atoms with Crippen LogP contribution in [0.25, 0.3) is 0 Å². The highest BCUT2D eigenvalue weighted by atomic mass is 32.2. The molecule has 0 spiro atoms. The fourth-order valence-corrected chi connectivity index (χ4v) is 3.44. The maximum Gasteiger partial charge on any atom is 0.251 e. The van der Waals surface area contributed by atoms with Crippen LogP contribution in [0.1, 0.15) is 16.8 Å². The van der Waals surface area contributed by atoms with Crippen molar-refractivity contribution in [3.63, 3.8) is 0 Å². The number of aromatic amines is 1. The number of H-pyrrole nitrogens is 1. The average Bonchev–Trinajstić information content (AvgIpc) is 2.68. The number of aromatic nitrogens is 2. The van der Waals surface area contributed by atoms with Crippen LogP contribution < -0.4 is 10.9 Å². The molecule has 7 heteroatoms. The summed E-state index contributed by atoms with van der Waals surface area (Å²) in [5.74, 6) is 0.0692. The molecule has 2 aromatic carbocycles. The van der Waals surface area contributed by atoms with E-state index in [-0.39, 0.29) is 23.7 Å². The number of thioether (sulfide) groups is 1. The van der Waals surface area contributed by atoms with Crippen LogP contribution in [0.5, 0.6) is 0 Å². The third-order valence-corrected chi connectivity index (χ3v) is 4.93. The fourth-order valence-electron chi connectivity index (χ4n) is 2.59. The molecule has 0 aliphatic heterocycles. The van der Waals surface area contributed by atoms with Crippen LogP contribution in [0.2, 0.25) is 0 Å². The quantitative estimate of drug-likeness (QED) is 0.452. The second-order valence-corrected chi connectivity index (χ2v) is 7.18. The highest BCUT2D eigenvalue weighted by Gasteiger charge is 2.08. The van der Waals surface area contributed by atoms with Gasteiger partial charge in [0.15, 0.2) is 5.16 Å². The predicted octanol–water partition coefficient (Wildman–Crippen LogP) is 3.10. The zero-order chi connectivity index (χ0) is 19.8. The Balaban J connectivity index is 1.52. The molecule has 0 bridgehead atoms. The molecule has 28 heavy (non-hydrogen) atoms. The standard InChI is InChI=1S/C21H20FN3O2S/c22-17-8-6-16(7-9-17)14-28-21-24-18(13-20(27)25-21)12-19(26)23-11-10-15-4-2-1-3-5-15/h1-9,13H,10-12,14H2,(H,23,26)(H,24,25,27). The number of nitrogens with zero attached hydrogens (tertiary/aromatic N) is 1. The molecule has 0 fully saturated rings. The summed E-state index contributed by atoms with van der Waals surface area (Å²) < 4.78 is 13.0. The van der Waals surface area contributed by atoms with Gasteiger partial charge in [-0.3, -0.25) is 9.59 Å². The predicted molar refractivity (Wildman–Crippen MR) is 108 cm³/mol. The van der Waals surface area contributed by atoms with Gasteiger partial charge in [-0.25, -0.2) is 9.37 Å². The molecule has 0 saturated carbocycles. The van der Waals surface area contributed by atoms with E-state index in [2.05, 4.69) is 15.3 Å². The Morgan fingerprint density at radius 1 is 1.07 bits per heavy atom. The summed E-state index contributed by atoms with van der Waals surface area (Å²) >= 11 is 1.33. The molecule has 5 nitrogen and oxygen atoms in total. The van der Waals surface area contributed by atoms with Gasteiger partial charge < -0.3 is 10.3 Å². The molecular weight excluding hydrogens is 377 g/mol. The normalized spacial score (nSPS) is 10.6. The number of carbonyl (C=O) groups is 1. The van der Waals surface area contributed by atoms with Crippen LogP contribution in [-0.2, 0) is 23.4 Å². The van der Waals surface area contributed by atoms with Crippen molar-refractivity contribution in [2.75, 3.05) is 6.54 Å². The summed E-state index contributed by atoms with van der Waals surface area (Å²) in [6.45, 7) is 0.526. The third-order valence-electron chi connectivity index (χ3n) is 3.98. The summed E-state index contributed by atoms with van der Waals surface area (Å²) in [6.07, 6.45) is 0.789. The van der Waals surface area contributed by atoms with E-state index in [1.807, 2.05) is 30.3 Å². The lowest BCUT2D eigenvalue weighted by Crippen LogP contribution is -2.28. The molecule has 1 aromatic heterocycles. The van der Waals surface area contributed by atoms with Crippen molar-refractivity contribution < 1.29 is 9.18 Å². The molecule has 3 aromatic rings. The number of hydrogen-bond acceptors (Lipinski definition) is 4. The van der Waals surface area contributed by atoms with E-state index < -0.39 is 0 Å². The van der Waals surface area contributed by atoms with Crippen LogP contribution in [0, 0.1) is 5.82 Å². The van der Waals surface area contributed by atoms with Crippen molar-refractivity contribution in [1.29, 1.82) is 0 Å². The maximum absolute atomic E-state index is 13.0. The largest absolute Gasteiger partial charge is 0.355 e. The third kappa shape index (κ3) is 6.35. The summed E-state index contributed by atoms with van der Waals surface area (Å²) in [5, 5.41) is 3.28. The molecule has 0 aliphatic carbocycles. The Bertz CT molecular complexity index is 975. The van der Waals surface area contributed by atoms with E-state index in [1.165, 1.54) is 30.0 Å². The van der Waals surface area contributed by atoms with Gasteiger partial charge in [0.1, 0.15) is 5.82 Å². The van der Waals surface area contributed by atoms with Gasteiger partial charge in [-0.2, -0.15) is 0 Å². The monoisotopic (exact) mass is 397 g/mol. The highest BCUT2D eigenvalue weighted by Crippen LogP contribution is 2.18. The fraction of sp³-hybridized carbons (Fsp3) is 0.190. The highest BCUT2D eigenvalue weighted by molar-refractivity contribution is 7.98. The lowest BCUT2D eigenvalue weighted by atomic mass is 10.1. The van der Waals surface area contributed by atoms with E-state index in [0.717, 1.165) is 17.5 Å². The maximum atomic E-state index is 13.0. The smallest absolute Gasteiger partial charge is 0.251 e. The molecule has 0 radical (unpaired) electrons. The molecular formula is C21H20FN3O2S. The van der Waals surface area contributed by atoms with Gasteiger partial charge in [-0.15, -0.1) is 0 Å². The Morgan fingerprint density at radius 3 is 2.57 bits per heavy atom. The Labute approximate surface area is 166 Å². The van der Waals surface area contributed by atoms with Gasteiger partial charge in [0.2, 0.25) is 5.91 Å². The van der Waals surface area contributed by atoms with Crippen molar-refractivity contribution in [2.45, 2.75) is 23.8 Å². The van der Waals surface area contributed by atoms with Crippen molar-refractivity contribution in [3.8, 4) is 0 Å². The second-order valence-electron chi connectivity index (χ2n) is 6.22. The molecule has 0 atom stereocenters. The Hall–Kier alpha value is -2.93. The molecule has 0 unspecified atom stereocenters. The molecule has 3 rings (SSSR count). The van der Waals surface area contributed by atoms with Crippen molar-refractivity contribution in [1.82, 2.24) is 15.3 Å². The van der Waals surface area contributed by atoms with E-state index in [4.69, 9.17) is 0 Å². The minimum atomic E-state index is -0.302. The summed E-state index contributed by atoms with van der Waals surface area (Å²) in [6, 6.07) is 17.4. The first-order valence-corrected chi connectivity index (χ1v) is 9.85. The summed E-state index contributed by atoms with van der Waals surface area (Å²) in [4.78, 5) is 31.0. The van der Waals surface area contributed by atoms with Gasteiger partial charge in [-0.05, 0) is 29.7 Å². The number of halogens is 1. The second kappa shape index (κ2) is 9.85. The molecule has 144 valence electrons. The minimum Gasteiger partial charge on any atom is -0.355 e. The Kier molecular flexibility index (Phi) is 6.97. The number of hydrogen-bond donors (Lipinski definition) is 2. The van der Waals surface area contributed by atoms with Crippen LogP contribution in [0.15, 0.2) is 70.6 Å². The molecule has 2 N–H and O–H groups in total. The SMILES string of the molecule is O=C(Cc1cc(=O)[nH]c(SCc2ccc(F)cc2)n1)NCCc1ccccc1. The number of nitrogens with one attached hydrogen (secondary N) is 2. The van der Waals surface area contributed by atoms with Gasteiger partial charge in [-0.1, -0.05) is 54.2 Å². The number of amides is 1. The first kappa shape index (κ1) is 19.8. The first-order chi connectivity index (χ1) is 13.6. The first-order valence-electron chi connectivity index (χ1n) is 8.86. The average molecular weight is 397 g/mol. The lowest BCUT2D eigenvalue weighted by Gasteiger charge is -2.06. The number of benzene rings is 2. The van der Waals surface area contributed by atoms with Gasteiger partial charge >= 0.3 is 0 Å². The molecule has 0 saturated heterocycles. The van der Waals surface area contributed by atoms with E-state index >= 15 is 0 Å². The minimum absolute atomic E-state index is 0.0445. The van der Waals surface area contributed by atoms with Crippen molar-refractivity contribution >= 4 is 17.7 Å². The van der Waals surface area contributed by atoms with Gasteiger partial charge in [0, 0.05) is 18.4 Å². The van der Waals surface area contributed by atoms with E-state index in [0.29, 0.717) is 23.1 Å². The Morgan fingerprint density at radius 2 is 1.82 bits per heavy atom. The summed E-state index contributed by atoms with van der Waals surface area (Å²) in [7, 11) is 0. The summed E-state index contributed by atoms with van der Waals surface area (Å²) in [5.41, 5.74) is 2.18. The molecule has 0 aliphatic rings. The van der Waals surface area contributed by atoms with Crippen molar-refractivity contribution in [3.05, 3.63) is 93.7 Å². The number of carbonyl (C=O) groups excluding carboxylic acids is 1. The van der Waals surface area contributed by atoms with Crippen LogP contribution in [-0.4, -0.2) is 22.4 Å². The number of rotatable bonds is 8. The van der Waals surface area contributed by atoms with E-state index in [9.17, 15) is 14.0 Å². The zero-order valence-electron chi connectivity index (χ0n) is 15.2. The molecule has 1 heterocycles. The van der Waals surface area contributed by atoms with Gasteiger partial charge in [0.05, 0.1) is 12.1 Å². The van der Waals surface area contributed by atoms with Crippen molar-refractivity contribution in [2.24, 2.45) is 0 Å². The van der Waals surface area contributed by atoms with Crippen LogP contribution in [0.4, 0.5) is 4.39 Å².